The quantitative estimate of drug-likeness (QED) is 0.830. The molecule has 0 saturated heterocycles. The van der Waals surface area contributed by atoms with Crippen molar-refractivity contribution in [2.45, 2.75) is 58.4 Å². The Hall–Kier alpha value is -1.51. The van der Waals surface area contributed by atoms with E-state index in [1.807, 2.05) is 24.3 Å². The summed E-state index contributed by atoms with van der Waals surface area (Å²) in [6.07, 6.45) is 4.07. The van der Waals surface area contributed by atoms with Gasteiger partial charge in [0.1, 0.15) is 0 Å². The number of rotatable bonds is 4. The second-order valence-electron chi connectivity index (χ2n) is 6.95. The molecule has 2 rings (SSSR count). The molecule has 0 bridgehead atoms. The van der Waals surface area contributed by atoms with Gasteiger partial charge in [-0.2, -0.15) is 0 Å². The summed E-state index contributed by atoms with van der Waals surface area (Å²) >= 11 is 0. The Morgan fingerprint density at radius 2 is 1.76 bits per heavy atom. The Balaban J connectivity index is 1.85. The highest BCUT2D eigenvalue weighted by atomic mass is 16.1. The molecule has 1 aliphatic carbocycles. The van der Waals surface area contributed by atoms with Crippen molar-refractivity contribution in [3.8, 4) is 0 Å². The molecule has 3 atom stereocenters. The molecule has 3 nitrogen and oxygen atoms in total. The summed E-state index contributed by atoms with van der Waals surface area (Å²) in [6, 6.07) is 8.17. The fourth-order valence-electron chi connectivity index (χ4n) is 3.57. The van der Waals surface area contributed by atoms with Crippen LogP contribution in [0.4, 0.5) is 5.69 Å². The van der Waals surface area contributed by atoms with Gasteiger partial charge in [-0.1, -0.05) is 32.9 Å². The molecule has 1 fully saturated rings. The third-order valence-corrected chi connectivity index (χ3v) is 4.54. The van der Waals surface area contributed by atoms with Crippen molar-refractivity contribution in [3.63, 3.8) is 0 Å². The predicted octanol–water partition coefficient (Wildman–Crippen LogP) is 3.70. The Kier molecular flexibility index (Phi) is 5.27. The normalized spacial score (nSPS) is 27.1. The highest BCUT2D eigenvalue weighted by molar-refractivity contribution is 5.77. The minimum Gasteiger partial charge on any atom is -0.399 e. The lowest BCUT2D eigenvalue weighted by Gasteiger charge is -2.32. The summed E-state index contributed by atoms with van der Waals surface area (Å²) in [4.78, 5) is 12.2. The van der Waals surface area contributed by atoms with Crippen LogP contribution < -0.4 is 11.1 Å². The molecule has 3 heteroatoms. The number of amides is 1. The van der Waals surface area contributed by atoms with E-state index < -0.39 is 0 Å². The van der Waals surface area contributed by atoms with Gasteiger partial charge in [-0.15, -0.1) is 0 Å². The summed E-state index contributed by atoms with van der Waals surface area (Å²) in [5, 5.41) is 3.23. The summed E-state index contributed by atoms with van der Waals surface area (Å²) in [6.45, 7) is 6.66. The maximum absolute atomic E-state index is 12.2. The van der Waals surface area contributed by atoms with Crippen molar-refractivity contribution < 1.29 is 4.79 Å². The Labute approximate surface area is 128 Å². The van der Waals surface area contributed by atoms with Crippen molar-refractivity contribution in [2.75, 3.05) is 5.73 Å². The van der Waals surface area contributed by atoms with E-state index in [0.717, 1.165) is 18.5 Å². The van der Waals surface area contributed by atoms with Crippen LogP contribution in [0.25, 0.3) is 0 Å². The van der Waals surface area contributed by atoms with Crippen molar-refractivity contribution in [1.29, 1.82) is 0 Å². The maximum Gasteiger partial charge on any atom is 0.220 e. The number of hydrogen-bond donors (Lipinski definition) is 2. The minimum atomic E-state index is 0.172. The molecule has 1 saturated carbocycles. The van der Waals surface area contributed by atoms with E-state index >= 15 is 0 Å². The van der Waals surface area contributed by atoms with Gasteiger partial charge < -0.3 is 11.1 Å². The highest BCUT2D eigenvalue weighted by Crippen LogP contribution is 2.29. The smallest absolute Gasteiger partial charge is 0.220 e. The van der Waals surface area contributed by atoms with Crippen molar-refractivity contribution in [3.05, 3.63) is 29.8 Å². The third-order valence-electron chi connectivity index (χ3n) is 4.54. The van der Waals surface area contributed by atoms with E-state index in [0.29, 0.717) is 24.3 Å². The minimum absolute atomic E-state index is 0.172. The van der Waals surface area contributed by atoms with E-state index in [1.165, 1.54) is 12.0 Å². The van der Waals surface area contributed by atoms with Crippen LogP contribution in [0, 0.1) is 11.8 Å². The van der Waals surface area contributed by atoms with Gasteiger partial charge in [0.05, 0.1) is 0 Å². The molecule has 1 amide bonds. The van der Waals surface area contributed by atoms with Gasteiger partial charge in [-0.25, -0.2) is 0 Å². The molecule has 21 heavy (non-hydrogen) atoms. The first-order valence-corrected chi connectivity index (χ1v) is 8.08. The highest BCUT2D eigenvalue weighted by Gasteiger charge is 2.25. The number of anilines is 1. The van der Waals surface area contributed by atoms with Crippen molar-refractivity contribution in [2.24, 2.45) is 11.8 Å². The van der Waals surface area contributed by atoms with E-state index in [9.17, 15) is 4.79 Å². The number of nitrogens with two attached hydrogens (primary N) is 1. The Bertz CT molecular complexity index is 459. The zero-order chi connectivity index (χ0) is 15.4. The molecule has 1 aromatic rings. The number of hydrogen-bond acceptors (Lipinski definition) is 2. The number of nitrogens with one attached hydrogen (secondary N) is 1. The van der Waals surface area contributed by atoms with Gasteiger partial charge in [-0.3, -0.25) is 4.79 Å². The first-order valence-electron chi connectivity index (χ1n) is 8.08. The lowest BCUT2D eigenvalue weighted by molar-refractivity contribution is -0.122. The zero-order valence-corrected chi connectivity index (χ0v) is 13.4. The lowest BCUT2D eigenvalue weighted by atomic mass is 9.80. The summed E-state index contributed by atoms with van der Waals surface area (Å²) < 4.78 is 0. The average Bonchev–Trinajstić information content (AvgIpc) is 2.37. The molecule has 1 aromatic carbocycles. The lowest BCUT2D eigenvalue weighted by Crippen LogP contribution is -2.40. The molecule has 3 unspecified atom stereocenters. The second-order valence-corrected chi connectivity index (χ2v) is 6.95. The fraction of sp³-hybridized carbons (Fsp3) is 0.611. The van der Waals surface area contributed by atoms with E-state index in [-0.39, 0.29) is 11.8 Å². The van der Waals surface area contributed by atoms with Crippen molar-refractivity contribution in [1.82, 2.24) is 5.32 Å². The van der Waals surface area contributed by atoms with Gasteiger partial charge in [-0.05, 0) is 54.7 Å². The largest absolute Gasteiger partial charge is 0.399 e. The molecule has 0 radical (unpaired) electrons. The SMILES string of the molecule is CC1CC(C)CC(NC(=O)CC(C)c2ccc(N)cc2)C1. The van der Waals surface area contributed by atoms with Crippen LogP contribution in [0.15, 0.2) is 24.3 Å². The average molecular weight is 288 g/mol. The first-order chi connectivity index (χ1) is 9.94. The molecule has 1 aliphatic rings. The molecule has 0 spiro atoms. The molecule has 0 heterocycles. The molecule has 0 aliphatic heterocycles. The number of carbonyl (C=O) groups is 1. The summed E-state index contributed by atoms with van der Waals surface area (Å²) in [5.74, 6) is 1.83. The van der Waals surface area contributed by atoms with Crippen LogP contribution in [0.2, 0.25) is 0 Å². The molecule has 116 valence electrons. The van der Waals surface area contributed by atoms with Crippen LogP contribution in [0.5, 0.6) is 0 Å². The van der Waals surface area contributed by atoms with Crippen molar-refractivity contribution >= 4 is 11.6 Å². The van der Waals surface area contributed by atoms with Gasteiger partial charge in [0.25, 0.3) is 0 Å². The standard InChI is InChI=1S/C18H28N2O/c1-12-8-13(2)10-17(9-12)20-18(21)11-14(3)15-4-6-16(19)7-5-15/h4-7,12-14,17H,8-11,19H2,1-3H3,(H,20,21). The van der Waals surface area contributed by atoms with Gasteiger partial charge in [0.2, 0.25) is 5.91 Å². The van der Waals surface area contributed by atoms with Crippen LogP contribution in [0.1, 0.15) is 57.9 Å². The fourth-order valence-corrected chi connectivity index (χ4v) is 3.57. The summed E-state index contributed by atoms with van der Waals surface area (Å²) in [7, 11) is 0. The topological polar surface area (TPSA) is 55.1 Å². The van der Waals surface area contributed by atoms with Gasteiger partial charge in [0.15, 0.2) is 0 Å². The number of nitrogen functional groups attached to an aromatic ring is 1. The number of carbonyl (C=O) groups excluding carboxylic acids is 1. The monoisotopic (exact) mass is 288 g/mol. The van der Waals surface area contributed by atoms with Gasteiger partial charge >= 0.3 is 0 Å². The van der Waals surface area contributed by atoms with E-state index in [4.69, 9.17) is 5.73 Å². The Morgan fingerprint density at radius 3 is 2.33 bits per heavy atom. The predicted molar refractivity (Wildman–Crippen MR) is 88.0 cm³/mol. The van der Waals surface area contributed by atoms with E-state index in [2.05, 4.69) is 26.1 Å². The summed E-state index contributed by atoms with van der Waals surface area (Å²) in [5.41, 5.74) is 7.63. The van der Waals surface area contributed by atoms with Crippen LogP contribution >= 0.6 is 0 Å². The third kappa shape index (κ3) is 4.76. The molecular formula is C18H28N2O. The molecule has 0 aromatic heterocycles. The first kappa shape index (κ1) is 15.9. The van der Waals surface area contributed by atoms with Crippen LogP contribution in [-0.4, -0.2) is 11.9 Å². The second kappa shape index (κ2) is 6.97. The van der Waals surface area contributed by atoms with Gasteiger partial charge in [0, 0.05) is 18.2 Å². The Morgan fingerprint density at radius 1 is 1.19 bits per heavy atom. The van der Waals surface area contributed by atoms with Crippen LogP contribution in [-0.2, 0) is 4.79 Å². The van der Waals surface area contributed by atoms with Crippen LogP contribution in [0.3, 0.4) is 0 Å². The molecular weight excluding hydrogens is 260 g/mol. The zero-order valence-electron chi connectivity index (χ0n) is 13.4. The maximum atomic E-state index is 12.2. The number of benzene rings is 1. The van der Waals surface area contributed by atoms with E-state index in [1.54, 1.807) is 0 Å². The molecule has 3 N–H and O–H groups in total.